The molecule has 0 bridgehead atoms. The third-order valence-electron chi connectivity index (χ3n) is 2.39. The highest BCUT2D eigenvalue weighted by Gasteiger charge is 1.99. The standard InChI is InChI=1S/C13H14FN3/c1-9-2-3-10(7-16-9)8-17-13-5-11(14)4-12(15)6-13/h2-7,17H,8,15H2,1H3. The predicted octanol–water partition coefficient (Wildman–Crippen LogP) is 2.72. The monoisotopic (exact) mass is 231 g/mol. The highest BCUT2D eigenvalue weighted by molar-refractivity contribution is 5.54. The fraction of sp³-hybridized carbons (Fsp3) is 0.154. The average Bonchev–Trinajstić information content (AvgIpc) is 2.27. The summed E-state index contributed by atoms with van der Waals surface area (Å²) in [5, 5.41) is 3.10. The molecule has 3 N–H and O–H groups in total. The molecule has 2 rings (SSSR count). The number of aromatic nitrogens is 1. The van der Waals surface area contributed by atoms with E-state index in [2.05, 4.69) is 10.3 Å². The molecule has 0 fully saturated rings. The second kappa shape index (κ2) is 4.82. The Morgan fingerprint density at radius 2 is 2.12 bits per heavy atom. The molecule has 0 atom stereocenters. The van der Waals surface area contributed by atoms with E-state index in [1.807, 2.05) is 19.1 Å². The number of pyridine rings is 1. The van der Waals surface area contributed by atoms with Crippen LogP contribution >= 0.6 is 0 Å². The summed E-state index contributed by atoms with van der Waals surface area (Å²) in [6.45, 7) is 2.53. The summed E-state index contributed by atoms with van der Waals surface area (Å²) in [6, 6.07) is 8.33. The summed E-state index contributed by atoms with van der Waals surface area (Å²) in [7, 11) is 0. The molecule has 1 aromatic carbocycles. The summed E-state index contributed by atoms with van der Waals surface area (Å²) in [5.74, 6) is -0.338. The van der Waals surface area contributed by atoms with Crippen molar-refractivity contribution in [1.29, 1.82) is 0 Å². The first kappa shape index (κ1) is 11.4. The zero-order valence-corrected chi connectivity index (χ0v) is 9.57. The molecular weight excluding hydrogens is 217 g/mol. The van der Waals surface area contributed by atoms with Crippen LogP contribution in [-0.2, 0) is 6.54 Å². The van der Waals surface area contributed by atoms with Gasteiger partial charge in [-0.2, -0.15) is 0 Å². The van der Waals surface area contributed by atoms with E-state index in [1.54, 1.807) is 12.3 Å². The van der Waals surface area contributed by atoms with Crippen molar-refractivity contribution in [2.45, 2.75) is 13.5 Å². The Bertz CT molecular complexity index is 488. The number of nitrogens with one attached hydrogen (secondary N) is 1. The number of benzene rings is 1. The molecule has 2 aromatic rings. The minimum Gasteiger partial charge on any atom is -0.399 e. The van der Waals surface area contributed by atoms with Crippen molar-refractivity contribution in [2.75, 3.05) is 11.1 Å². The predicted molar refractivity (Wildman–Crippen MR) is 67.1 cm³/mol. The SMILES string of the molecule is Cc1ccc(CNc2cc(N)cc(F)c2)cn1. The van der Waals surface area contributed by atoms with Crippen LogP contribution in [0.2, 0.25) is 0 Å². The van der Waals surface area contributed by atoms with Gasteiger partial charge in [-0.15, -0.1) is 0 Å². The van der Waals surface area contributed by atoms with Crippen molar-refractivity contribution in [3.05, 3.63) is 53.6 Å². The van der Waals surface area contributed by atoms with E-state index < -0.39 is 0 Å². The number of anilines is 2. The molecule has 0 aliphatic rings. The maximum Gasteiger partial charge on any atom is 0.127 e. The summed E-state index contributed by atoms with van der Waals surface area (Å²) in [6.07, 6.45) is 1.80. The number of nitrogen functional groups attached to an aromatic ring is 1. The number of hydrogen-bond acceptors (Lipinski definition) is 3. The van der Waals surface area contributed by atoms with Crippen LogP contribution in [0.4, 0.5) is 15.8 Å². The first-order valence-corrected chi connectivity index (χ1v) is 5.35. The van der Waals surface area contributed by atoms with Crippen molar-refractivity contribution >= 4 is 11.4 Å². The highest BCUT2D eigenvalue weighted by Crippen LogP contribution is 2.16. The molecule has 1 heterocycles. The Hall–Kier alpha value is -2.10. The molecule has 3 nitrogen and oxygen atoms in total. The average molecular weight is 231 g/mol. The van der Waals surface area contributed by atoms with Gasteiger partial charge >= 0.3 is 0 Å². The molecule has 0 aliphatic heterocycles. The third-order valence-corrected chi connectivity index (χ3v) is 2.39. The third kappa shape index (κ3) is 3.17. The number of aryl methyl sites for hydroxylation is 1. The topological polar surface area (TPSA) is 50.9 Å². The quantitative estimate of drug-likeness (QED) is 0.798. The van der Waals surface area contributed by atoms with Crippen molar-refractivity contribution in [3.8, 4) is 0 Å². The maximum absolute atomic E-state index is 13.1. The lowest BCUT2D eigenvalue weighted by atomic mass is 10.2. The van der Waals surface area contributed by atoms with Gasteiger partial charge in [0.2, 0.25) is 0 Å². The van der Waals surface area contributed by atoms with Crippen molar-refractivity contribution < 1.29 is 4.39 Å². The zero-order valence-electron chi connectivity index (χ0n) is 9.57. The van der Waals surface area contributed by atoms with Gasteiger partial charge in [0, 0.05) is 29.8 Å². The zero-order chi connectivity index (χ0) is 12.3. The van der Waals surface area contributed by atoms with E-state index in [9.17, 15) is 4.39 Å². The van der Waals surface area contributed by atoms with Crippen molar-refractivity contribution in [2.24, 2.45) is 0 Å². The Labute approximate surface area is 99.5 Å². The summed E-state index contributed by atoms with van der Waals surface area (Å²) >= 11 is 0. The Kier molecular flexibility index (Phi) is 3.23. The molecule has 88 valence electrons. The largest absolute Gasteiger partial charge is 0.399 e. The second-order valence-electron chi connectivity index (χ2n) is 3.93. The number of hydrogen-bond donors (Lipinski definition) is 2. The van der Waals surface area contributed by atoms with Gasteiger partial charge in [0.1, 0.15) is 5.82 Å². The van der Waals surface area contributed by atoms with Crippen LogP contribution in [0.1, 0.15) is 11.3 Å². The molecule has 0 saturated carbocycles. The first-order chi connectivity index (χ1) is 8.13. The Morgan fingerprint density at radius 1 is 1.29 bits per heavy atom. The fourth-order valence-corrected chi connectivity index (χ4v) is 1.52. The molecule has 0 saturated heterocycles. The smallest absolute Gasteiger partial charge is 0.127 e. The van der Waals surface area contributed by atoms with E-state index in [-0.39, 0.29) is 5.82 Å². The summed E-state index contributed by atoms with van der Waals surface area (Å²) < 4.78 is 13.1. The minimum absolute atomic E-state index is 0.338. The van der Waals surface area contributed by atoms with E-state index in [0.717, 1.165) is 11.3 Å². The lowest BCUT2D eigenvalue weighted by Crippen LogP contribution is -2.01. The Balaban J connectivity index is 2.04. The fourth-order valence-electron chi connectivity index (χ4n) is 1.52. The molecule has 0 radical (unpaired) electrons. The van der Waals surface area contributed by atoms with E-state index in [1.165, 1.54) is 12.1 Å². The number of nitrogens with two attached hydrogens (primary N) is 1. The molecular formula is C13H14FN3. The van der Waals surface area contributed by atoms with Crippen LogP contribution in [0.5, 0.6) is 0 Å². The van der Waals surface area contributed by atoms with Crippen LogP contribution in [0.15, 0.2) is 36.5 Å². The minimum atomic E-state index is -0.338. The number of halogens is 1. The van der Waals surface area contributed by atoms with Gasteiger partial charge in [-0.1, -0.05) is 6.07 Å². The van der Waals surface area contributed by atoms with E-state index >= 15 is 0 Å². The number of nitrogens with zero attached hydrogens (tertiary/aromatic N) is 1. The van der Waals surface area contributed by atoms with Gasteiger partial charge in [0.05, 0.1) is 0 Å². The summed E-state index contributed by atoms with van der Waals surface area (Å²) in [4.78, 5) is 4.19. The van der Waals surface area contributed by atoms with Crippen molar-refractivity contribution in [3.63, 3.8) is 0 Å². The molecule has 0 amide bonds. The maximum atomic E-state index is 13.1. The van der Waals surface area contributed by atoms with Gasteiger partial charge in [-0.3, -0.25) is 4.98 Å². The molecule has 0 unspecified atom stereocenters. The van der Waals surface area contributed by atoms with Gasteiger partial charge in [-0.05, 0) is 36.8 Å². The van der Waals surface area contributed by atoms with Gasteiger partial charge < -0.3 is 11.1 Å². The summed E-state index contributed by atoms with van der Waals surface area (Å²) in [5.41, 5.74) is 8.65. The lowest BCUT2D eigenvalue weighted by molar-refractivity contribution is 0.629. The van der Waals surface area contributed by atoms with E-state index in [4.69, 9.17) is 5.73 Å². The molecule has 0 aliphatic carbocycles. The molecule has 17 heavy (non-hydrogen) atoms. The van der Waals surface area contributed by atoms with Gasteiger partial charge in [0.15, 0.2) is 0 Å². The van der Waals surface area contributed by atoms with Gasteiger partial charge in [0.25, 0.3) is 0 Å². The van der Waals surface area contributed by atoms with Crippen LogP contribution in [0.3, 0.4) is 0 Å². The van der Waals surface area contributed by atoms with E-state index in [0.29, 0.717) is 17.9 Å². The molecule has 4 heteroatoms. The van der Waals surface area contributed by atoms with Crippen LogP contribution < -0.4 is 11.1 Å². The van der Waals surface area contributed by atoms with Crippen molar-refractivity contribution in [1.82, 2.24) is 4.98 Å². The van der Waals surface area contributed by atoms with Crippen LogP contribution in [0.25, 0.3) is 0 Å². The van der Waals surface area contributed by atoms with Gasteiger partial charge in [-0.25, -0.2) is 4.39 Å². The van der Waals surface area contributed by atoms with Crippen LogP contribution in [0, 0.1) is 12.7 Å². The first-order valence-electron chi connectivity index (χ1n) is 5.35. The molecule has 1 aromatic heterocycles. The van der Waals surface area contributed by atoms with Crippen LogP contribution in [-0.4, -0.2) is 4.98 Å². The second-order valence-corrected chi connectivity index (χ2v) is 3.93. The number of rotatable bonds is 3. The lowest BCUT2D eigenvalue weighted by Gasteiger charge is -2.07. The Morgan fingerprint density at radius 3 is 2.76 bits per heavy atom. The molecule has 0 spiro atoms. The highest BCUT2D eigenvalue weighted by atomic mass is 19.1. The normalized spacial score (nSPS) is 10.2.